The zero-order chi connectivity index (χ0) is 21.8. The fourth-order valence-corrected chi connectivity index (χ4v) is 4.72. The number of carboxylic acid groups (broad SMARTS) is 1. The number of carboxylic acids is 1. The number of nitrogens with one attached hydrogen (secondary N) is 3. The number of hydrogen-bond donors (Lipinski definition) is 4. The van der Waals surface area contributed by atoms with Gasteiger partial charge in [-0.2, -0.15) is 0 Å². The Morgan fingerprint density at radius 3 is 2.70 bits per heavy atom. The normalized spacial score (nSPS) is 19.1. The van der Waals surface area contributed by atoms with E-state index in [1.807, 2.05) is 6.92 Å². The standard InChI is InChI=1S/C19H27ClN6O3S/c1-4-7-21-13-9-26(19-22-10(3)14(30-19)18(28)29)8-6-12(13)24-17(27)16-23-11(5-2)15(20)25-16/h12-13,21H,4-9H2,1-3H3,(H,23,25)(H,24,27)(H,28,29)/t12-,13+/m1/s1. The number of anilines is 1. The fraction of sp³-hybridized carbons (Fsp3) is 0.579. The second-order valence-corrected chi connectivity index (χ2v) is 8.64. The van der Waals surface area contributed by atoms with E-state index in [2.05, 4.69) is 37.4 Å². The van der Waals surface area contributed by atoms with E-state index in [-0.39, 0.29) is 28.7 Å². The molecule has 0 bridgehead atoms. The molecule has 0 unspecified atom stereocenters. The summed E-state index contributed by atoms with van der Waals surface area (Å²) in [4.78, 5) is 38.0. The van der Waals surface area contributed by atoms with Crippen molar-refractivity contribution in [1.82, 2.24) is 25.6 Å². The number of imidazole rings is 1. The van der Waals surface area contributed by atoms with Gasteiger partial charge in [0.25, 0.3) is 5.91 Å². The smallest absolute Gasteiger partial charge is 0.347 e. The zero-order valence-electron chi connectivity index (χ0n) is 17.3. The molecule has 3 rings (SSSR count). The third-order valence-corrected chi connectivity index (χ3v) is 6.65. The Bertz CT molecular complexity index is 914. The quantitative estimate of drug-likeness (QED) is 0.483. The molecule has 0 aliphatic carbocycles. The highest BCUT2D eigenvalue weighted by molar-refractivity contribution is 7.17. The molecule has 2 aromatic rings. The minimum atomic E-state index is -0.956. The number of thiazole rings is 1. The SMILES string of the molecule is CCCN[C@H]1CN(c2nc(C)c(C(=O)O)s2)CC[C@H]1NC(=O)c1nc(Cl)c(CC)[nH]1. The van der Waals surface area contributed by atoms with Crippen LogP contribution in [-0.4, -0.2) is 63.7 Å². The van der Waals surface area contributed by atoms with Crippen molar-refractivity contribution >= 4 is 39.9 Å². The fourth-order valence-electron chi connectivity index (χ4n) is 3.52. The number of rotatable bonds is 8. The van der Waals surface area contributed by atoms with Gasteiger partial charge in [-0.3, -0.25) is 4.79 Å². The first-order valence-corrected chi connectivity index (χ1v) is 11.3. The van der Waals surface area contributed by atoms with Crippen LogP contribution in [0.25, 0.3) is 0 Å². The van der Waals surface area contributed by atoms with Crippen molar-refractivity contribution in [3.05, 3.63) is 27.2 Å². The maximum Gasteiger partial charge on any atom is 0.347 e. The molecule has 1 fully saturated rings. The maximum absolute atomic E-state index is 12.7. The predicted molar refractivity (Wildman–Crippen MR) is 117 cm³/mol. The summed E-state index contributed by atoms with van der Waals surface area (Å²) in [5.74, 6) is -1.02. The topological polar surface area (TPSA) is 123 Å². The number of aromatic nitrogens is 3. The number of nitrogens with zero attached hydrogens (tertiary/aromatic N) is 3. The molecule has 0 radical (unpaired) electrons. The third-order valence-electron chi connectivity index (χ3n) is 5.13. The average molecular weight is 455 g/mol. The van der Waals surface area contributed by atoms with Crippen molar-refractivity contribution in [3.8, 4) is 0 Å². The summed E-state index contributed by atoms with van der Waals surface area (Å²) in [6, 6.07) is -0.0922. The second-order valence-electron chi connectivity index (χ2n) is 7.30. The van der Waals surface area contributed by atoms with Crippen LogP contribution in [-0.2, 0) is 6.42 Å². The number of aromatic amines is 1. The molecule has 2 aromatic heterocycles. The number of piperidine rings is 1. The Labute approximate surface area is 184 Å². The molecule has 1 aliphatic rings. The van der Waals surface area contributed by atoms with Crippen LogP contribution in [0.5, 0.6) is 0 Å². The van der Waals surface area contributed by atoms with Gasteiger partial charge in [0.1, 0.15) is 4.88 Å². The van der Waals surface area contributed by atoms with E-state index in [4.69, 9.17) is 11.6 Å². The highest BCUT2D eigenvalue weighted by Gasteiger charge is 2.32. The van der Waals surface area contributed by atoms with Gasteiger partial charge in [0.15, 0.2) is 16.1 Å². The first-order chi connectivity index (χ1) is 14.3. The third kappa shape index (κ3) is 4.93. The number of carbonyl (C=O) groups is 2. The van der Waals surface area contributed by atoms with Crippen LogP contribution < -0.4 is 15.5 Å². The zero-order valence-corrected chi connectivity index (χ0v) is 18.9. The van der Waals surface area contributed by atoms with Crippen LogP contribution in [0, 0.1) is 6.92 Å². The number of H-pyrrole nitrogens is 1. The molecule has 11 heteroatoms. The van der Waals surface area contributed by atoms with Crippen molar-refractivity contribution in [2.45, 2.75) is 52.1 Å². The van der Waals surface area contributed by atoms with Gasteiger partial charge in [-0.05, 0) is 32.7 Å². The molecule has 3 heterocycles. The van der Waals surface area contributed by atoms with Gasteiger partial charge in [-0.15, -0.1) is 0 Å². The van der Waals surface area contributed by atoms with E-state index in [9.17, 15) is 14.7 Å². The number of carbonyl (C=O) groups excluding carboxylic acids is 1. The number of aromatic carboxylic acids is 1. The molecular formula is C19H27ClN6O3S. The average Bonchev–Trinajstić information content (AvgIpc) is 3.29. The molecule has 0 saturated carbocycles. The van der Waals surface area contributed by atoms with E-state index in [1.54, 1.807) is 6.92 Å². The highest BCUT2D eigenvalue weighted by atomic mass is 35.5. The lowest BCUT2D eigenvalue weighted by Crippen LogP contribution is -2.59. The van der Waals surface area contributed by atoms with Gasteiger partial charge < -0.3 is 25.6 Å². The van der Waals surface area contributed by atoms with E-state index in [0.29, 0.717) is 41.9 Å². The van der Waals surface area contributed by atoms with Gasteiger partial charge in [0.05, 0.1) is 11.4 Å². The van der Waals surface area contributed by atoms with Crippen LogP contribution in [0.2, 0.25) is 5.15 Å². The van der Waals surface area contributed by atoms with Gasteiger partial charge in [-0.25, -0.2) is 14.8 Å². The molecular weight excluding hydrogens is 428 g/mol. The van der Waals surface area contributed by atoms with E-state index >= 15 is 0 Å². The van der Waals surface area contributed by atoms with Gasteiger partial charge in [0, 0.05) is 25.2 Å². The summed E-state index contributed by atoms with van der Waals surface area (Å²) in [6.07, 6.45) is 2.33. The first kappa shape index (κ1) is 22.5. The lowest BCUT2D eigenvalue weighted by Gasteiger charge is -2.39. The summed E-state index contributed by atoms with van der Waals surface area (Å²) in [7, 11) is 0. The second kappa shape index (κ2) is 9.76. The van der Waals surface area contributed by atoms with Crippen molar-refractivity contribution in [3.63, 3.8) is 0 Å². The molecule has 1 aliphatic heterocycles. The summed E-state index contributed by atoms with van der Waals surface area (Å²) in [5, 5.41) is 16.9. The Morgan fingerprint density at radius 1 is 1.33 bits per heavy atom. The minimum Gasteiger partial charge on any atom is -0.477 e. The number of hydrogen-bond acceptors (Lipinski definition) is 7. The number of halogens is 1. The Kier molecular flexibility index (Phi) is 7.32. The van der Waals surface area contributed by atoms with Crippen molar-refractivity contribution in [2.75, 3.05) is 24.5 Å². The summed E-state index contributed by atoms with van der Waals surface area (Å²) >= 11 is 7.25. The lowest BCUT2D eigenvalue weighted by molar-refractivity contribution is 0.0700. The molecule has 2 atom stereocenters. The van der Waals surface area contributed by atoms with Gasteiger partial charge in [0.2, 0.25) is 0 Å². The maximum atomic E-state index is 12.7. The largest absolute Gasteiger partial charge is 0.477 e. The van der Waals surface area contributed by atoms with Crippen LogP contribution >= 0.6 is 22.9 Å². The molecule has 0 spiro atoms. The summed E-state index contributed by atoms with van der Waals surface area (Å²) < 4.78 is 0. The van der Waals surface area contributed by atoms with Gasteiger partial charge >= 0.3 is 5.97 Å². The van der Waals surface area contributed by atoms with E-state index in [0.717, 1.165) is 18.7 Å². The first-order valence-electron chi connectivity index (χ1n) is 10.1. The Balaban J connectivity index is 1.72. The molecule has 9 nitrogen and oxygen atoms in total. The summed E-state index contributed by atoms with van der Waals surface area (Å²) in [6.45, 7) is 7.84. The molecule has 1 saturated heterocycles. The van der Waals surface area contributed by atoms with Crippen LogP contribution in [0.3, 0.4) is 0 Å². The molecule has 4 N–H and O–H groups in total. The van der Waals surface area contributed by atoms with Crippen LogP contribution in [0.4, 0.5) is 5.13 Å². The van der Waals surface area contributed by atoms with Crippen LogP contribution in [0.1, 0.15) is 58.4 Å². The van der Waals surface area contributed by atoms with Crippen molar-refractivity contribution < 1.29 is 14.7 Å². The monoisotopic (exact) mass is 454 g/mol. The molecule has 30 heavy (non-hydrogen) atoms. The van der Waals surface area contributed by atoms with Gasteiger partial charge in [-0.1, -0.05) is 36.8 Å². The summed E-state index contributed by atoms with van der Waals surface area (Å²) in [5.41, 5.74) is 1.27. The minimum absolute atomic E-state index is 0.00351. The molecule has 0 aromatic carbocycles. The molecule has 164 valence electrons. The predicted octanol–water partition coefficient (Wildman–Crippen LogP) is 2.47. The number of amides is 1. The van der Waals surface area contributed by atoms with Crippen molar-refractivity contribution in [2.24, 2.45) is 0 Å². The Hall–Kier alpha value is -2.17. The number of aryl methyl sites for hydroxylation is 2. The van der Waals surface area contributed by atoms with E-state index < -0.39 is 5.97 Å². The van der Waals surface area contributed by atoms with Crippen LogP contribution in [0.15, 0.2) is 0 Å². The lowest BCUT2D eigenvalue weighted by atomic mass is 9.99. The highest BCUT2D eigenvalue weighted by Crippen LogP contribution is 2.28. The van der Waals surface area contributed by atoms with Crippen molar-refractivity contribution in [1.29, 1.82) is 0 Å². The molecule has 1 amide bonds. The Morgan fingerprint density at radius 2 is 2.10 bits per heavy atom. The van der Waals surface area contributed by atoms with E-state index in [1.165, 1.54) is 11.3 Å².